The Bertz CT molecular complexity index is 1140. The number of H-pyrrole nitrogens is 1. The summed E-state index contributed by atoms with van der Waals surface area (Å²) in [5.41, 5.74) is 3.65. The predicted octanol–water partition coefficient (Wildman–Crippen LogP) is 1.74. The molecule has 132 valence electrons. The van der Waals surface area contributed by atoms with E-state index < -0.39 is 5.97 Å². The topological polar surface area (TPSA) is 87.1 Å². The molecule has 0 spiro atoms. The Kier molecular flexibility index (Phi) is 4.49. The fraction of sp³-hybridized carbons (Fsp3) is 0.100. The molecule has 0 atom stereocenters. The van der Waals surface area contributed by atoms with E-state index >= 15 is 0 Å². The molecule has 3 rings (SSSR count). The lowest BCUT2D eigenvalue weighted by molar-refractivity contribution is 0.0697. The number of aromatic carboxylic acids is 1. The number of hydrogen-bond donors (Lipinski definition) is 3. The molecule has 1 aromatic heterocycles. The first-order valence-corrected chi connectivity index (χ1v) is 8.04. The zero-order chi connectivity index (χ0) is 18.8. The van der Waals surface area contributed by atoms with Gasteiger partial charge in [0.2, 0.25) is 0 Å². The lowest BCUT2D eigenvalue weighted by Gasteiger charge is -2.04. The van der Waals surface area contributed by atoms with Gasteiger partial charge in [-0.1, -0.05) is 12.6 Å². The van der Waals surface area contributed by atoms with Gasteiger partial charge in [-0.2, -0.15) is 0 Å². The molecule has 1 heterocycles. The van der Waals surface area contributed by atoms with E-state index in [9.17, 15) is 9.59 Å². The lowest BCUT2D eigenvalue weighted by atomic mass is 10.1. The number of anilines is 1. The van der Waals surface area contributed by atoms with Crippen LogP contribution in [0.5, 0.6) is 0 Å². The number of aromatic amines is 1. The normalized spacial score (nSPS) is 11.5. The number of aryl methyl sites for hydroxylation is 2. The van der Waals surface area contributed by atoms with Crippen LogP contribution in [0.15, 0.2) is 47.3 Å². The van der Waals surface area contributed by atoms with E-state index in [4.69, 9.17) is 5.11 Å². The molecule has 0 fully saturated rings. The second kappa shape index (κ2) is 6.76. The number of benzene rings is 2. The average Bonchev–Trinajstić information content (AvgIpc) is 2.90. The van der Waals surface area contributed by atoms with Gasteiger partial charge < -0.3 is 10.4 Å². The van der Waals surface area contributed by atoms with E-state index in [2.05, 4.69) is 17.0 Å². The maximum absolute atomic E-state index is 12.7. The third kappa shape index (κ3) is 3.30. The first kappa shape index (κ1) is 17.3. The van der Waals surface area contributed by atoms with E-state index in [0.29, 0.717) is 16.3 Å². The summed E-state index contributed by atoms with van der Waals surface area (Å²) < 4.78 is 1.45. The molecule has 0 aliphatic carbocycles. The van der Waals surface area contributed by atoms with Gasteiger partial charge in [0.05, 0.1) is 21.8 Å². The molecule has 0 saturated heterocycles. The van der Waals surface area contributed by atoms with Gasteiger partial charge in [-0.3, -0.25) is 9.89 Å². The Morgan fingerprint density at radius 1 is 1.15 bits per heavy atom. The lowest BCUT2D eigenvalue weighted by Crippen LogP contribution is -2.34. The van der Waals surface area contributed by atoms with E-state index in [1.54, 1.807) is 18.3 Å². The van der Waals surface area contributed by atoms with Crippen LogP contribution >= 0.6 is 0 Å². The minimum Gasteiger partial charge on any atom is -0.478 e. The van der Waals surface area contributed by atoms with Crippen molar-refractivity contribution in [2.75, 3.05) is 5.32 Å². The highest BCUT2D eigenvalue weighted by atomic mass is 16.4. The van der Waals surface area contributed by atoms with Crippen molar-refractivity contribution in [2.45, 2.75) is 13.8 Å². The SMILES string of the molecule is C=c1[nH]n(-c2ccc(C)c(C)c2)c(=O)c1=CNc1ccc(C(=O)O)cc1. The molecule has 0 unspecified atom stereocenters. The van der Waals surface area contributed by atoms with Gasteiger partial charge in [0, 0.05) is 11.9 Å². The molecule has 0 aliphatic heterocycles. The summed E-state index contributed by atoms with van der Waals surface area (Å²) in [6, 6.07) is 12.0. The first-order valence-electron chi connectivity index (χ1n) is 8.04. The van der Waals surface area contributed by atoms with Gasteiger partial charge in [-0.15, -0.1) is 0 Å². The Hall–Kier alpha value is -3.54. The van der Waals surface area contributed by atoms with E-state index in [-0.39, 0.29) is 11.1 Å². The number of nitrogens with one attached hydrogen (secondary N) is 2. The molecule has 26 heavy (non-hydrogen) atoms. The highest BCUT2D eigenvalue weighted by molar-refractivity contribution is 5.88. The van der Waals surface area contributed by atoms with Crippen molar-refractivity contribution in [1.82, 2.24) is 9.78 Å². The Morgan fingerprint density at radius 3 is 2.46 bits per heavy atom. The Morgan fingerprint density at radius 2 is 1.85 bits per heavy atom. The summed E-state index contributed by atoms with van der Waals surface area (Å²) in [6.07, 6.45) is 1.56. The van der Waals surface area contributed by atoms with Crippen molar-refractivity contribution >= 4 is 24.4 Å². The van der Waals surface area contributed by atoms with Crippen LogP contribution in [0.2, 0.25) is 0 Å². The van der Waals surface area contributed by atoms with Crippen molar-refractivity contribution in [3.63, 3.8) is 0 Å². The highest BCUT2D eigenvalue weighted by Crippen LogP contribution is 2.11. The van der Waals surface area contributed by atoms with Crippen molar-refractivity contribution in [2.24, 2.45) is 0 Å². The summed E-state index contributed by atoms with van der Waals surface area (Å²) in [5, 5.41) is 15.8. The highest BCUT2D eigenvalue weighted by Gasteiger charge is 2.06. The van der Waals surface area contributed by atoms with Crippen LogP contribution in [0, 0.1) is 13.8 Å². The molecule has 0 radical (unpaired) electrons. The third-order valence-electron chi connectivity index (χ3n) is 4.27. The molecule has 0 saturated carbocycles. The smallest absolute Gasteiger partial charge is 0.335 e. The molecule has 0 amide bonds. The number of hydrogen-bond acceptors (Lipinski definition) is 3. The van der Waals surface area contributed by atoms with Gasteiger partial charge in [0.15, 0.2) is 0 Å². The third-order valence-corrected chi connectivity index (χ3v) is 4.27. The van der Waals surface area contributed by atoms with Crippen LogP contribution in [-0.2, 0) is 0 Å². The predicted molar refractivity (Wildman–Crippen MR) is 102 cm³/mol. The molecular weight excluding hydrogens is 330 g/mol. The van der Waals surface area contributed by atoms with E-state index in [1.165, 1.54) is 16.8 Å². The largest absolute Gasteiger partial charge is 0.478 e. The molecule has 6 nitrogen and oxygen atoms in total. The first-order chi connectivity index (χ1) is 12.4. The molecule has 3 aromatic rings. The number of carboxylic acids is 1. The van der Waals surface area contributed by atoms with Gasteiger partial charge >= 0.3 is 5.97 Å². The van der Waals surface area contributed by atoms with Gasteiger partial charge in [-0.05, 0) is 61.4 Å². The summed E-state index contributed by atoms with van der Waals surface area (Å²) in [6.45, 7) is 7.90. The second-order valence-electron chi connectivity index (χ2n) is 6.08. The van der Waals surface area contributed by atoms with Gasteiger partial charge in [0.25, 0.3) is 5.56 Å². The van der Waals surface area contributed by atoms with Crippen molar-refractivity contribution in [3.05, 3.63) is 80.1 Å². The summed E-state index contributed by atoms with van der Waals surface area (Å²) in [5.74, 6) is -0.984. The zero-order valence-corrected chi connectivity index (χ0v) is 14.5. The van der Waals surface area contributed by atoms with Gasteiger partial charge in [0.1, 0.15) is 0 Å². The van der Waals surface area contributed by atoms with Crippen LogP contribution in [0.3, 0.4) is 0 Å². The van der Waals surface area contributed by atoms with Crippen LogP contribution in [0.1, 0.15) is 21.5 Å². The summed E-state index contributed by atoms with van der Waals surface area (Å²) in [7, 11) is 0. The average molecular weight is 349 g/mol. The molecule has 0 bridgehead atoms. The molecule has 3 N–H and O–H groups in total. The number of carbonyl (C=O) groups is 1. The molecular formula is C20H19N3O3. The Balaban J connectivity index is 1.96. The van der Waals surface area contributed by atoms with Crippen LogP contribution in [0.4, 0.5) is 5.69 Å². The maximum atomic E-state index is 12.7. The standard InChI is InChI=1S/C20H19N3O3/c1-12-4-9-17(10-13(12)2)23-19(24)18(14(3)22-23)11-21-16-7-5-15(6-8-16)20(25)26/h4-11,21-22H,3H2,1-2H3,(H,25,26). The summed E-state index contributed by atoms with van der Waals surface area (Å²) in [4.78, 5) is 23.6. The minimum absolute atomic E-state index is 0.201. The number of rotatable bonds is 4. The van der Waals surface area contributed by atoms with Crippen LogP contribution in [0.25, 0.3) is 18.5 Å². The zero-order valence-electron chi connectivity index (χ0n) is 14.5. The quantitative estimate of drug-likeness (QED) is 0.670. The fourth-order valence-electron chi connectivity index (χ4n) is 2.56. The molecule has 0 aliphatic rings. The van der Waals surface area contributed by atoms with Crippen molar-refractivity contribution in [1.29, 1.82) is 0 Å². The summed E-state index contributed by atoms with van der Waals surface area (Å²) >= 11 is 0. The van der Waals surface area contributed by atoms with Crippen molar-refractivity contribution < 1.29 is 9.90 Å². The fourth-order valence-corrected chi connectivity index (χ4v) is 2.56. The molecule has 6 heteroatoms. The monoisotopic (exact) mass is 349 g/mol. The van der Waals surface area contributed by atoms with Crippen LogP contribution in [-0.4, -0.2) is 20.9 Å². The maximum Gasteiger partial charge on any atom is 0.335 e. The number of aromatic nitrogens is 2. The molecule has 2 aromatic carbocycles. The van der Waals surface area contributed by atoms with Gasteiger partial charge in [-0.25, -0.2) is 9.48 Å². The Labute approximate surface area is 149 Å². The van der Waals surface area contributed by atoms with E-state index in [0.717, 1.165) is 16.8 Å². The van der Waals surface area contributed by atoms with E-state index in [1.807, 2.05) is 32.0 Å². The van der Waals surface area contributed by atoms with Crippen LogP contribution < -0.4 is 21.4 Å². The second-order valence-corrected chi connectivity index (χ2v) is 6.08. The van der Waals surface area contributed by atoms with Crippen molar-refractivity contribution in [3.8, 4) is 5.69 Å². The number of nitrogens with zero attached hydrogens (tertiary/aromatic N) is 1. The minimum atomic E-state index is -0.984. The number of carboxylic acid groups (broad SMARTS) is 1.